The number of hydrogen-bond acceptors (Lipinski definition) is 15. The number of hydrogen-bond donors (Lipinski definition) is 5. The van der Waals surface area contributed by atoms with Gasteiger partial charge in [-0.3, -0.25) is 9.59 Å². The number of carboxylic acids is 2. The molecule has 1 aromatic carbocycles. The molecule has 1 saturated heterocycles. The van der Waals surface area contributed by atoms with Crippen LogP contribution in [0.1, 0.15) is 62.6 Å². The lowest BCUT2D eigenvalue weighted by atomic mass is 9.52. The summed E-state index contributed by atoms with van der Waals surface area (Å²) in [4.78, 5) is 75.5. The molecule has 5 rings (SSSR count). The number of likely N-dealkylation sites (tertiary alicyclic amines) is 1. The van der Waals surface area contributed by atoms with E-state index in [1.165, 1.54) is 6.08 Å². The molecule has 2 heterocycles. The third-order valence-electron chi connectivity index (χ3n) is 9.88. The fraction of sp³-hybridized carbons (Fsp3) is 0.576. The number of carbonyl (C=O) groups is 6. The van der Waals surface area contributed by atoms with Crippen LogP contribution in [0.2, 0.25) is 0 Å². The summed E-state index contributed by atoms with van der Waals surface area (Å²) in [6.45, 7) is 2.43. The molecule has 0 unspecified atom stereocenters. The Morgan fingerprint density at radius 1 is 0.980 bits per heavy atom. The van der Waals surface area contributed by atoms with Gasteiger partial charge in [0.05, 0.1) is 30.5 Å². The molecule has 5 N–H and O–H groups in total. The number of aliphatic carboxylic acids is 2. The van der Waals surface area contributed by atoms with Crippen LogP contribution in [0.25, 0.3) is 0 Å². The maximum Gasteiger partial charge on any atom is 0.348 e. The number of carboxylic acid groups (broad SMARTS) is 2. The highest BCUT2D eigenvalue weighted by Gasteiger charge is 2.70. The summed E-state index contributed by atoms with van der Waals surface area (Å²) in [6.07, 6.45) is -7.53. The van der Waals surface area contributed by atoms with Gasteiger partial charge in [-0.25, -0.2) is 19.2 Å². The van der Waals surface area contributed by atoms with Gasteiger partial charge in [-0.1, -0.05) is 12.1 Å². The van der Waals surface area contributed by atoms with Gasteiger partial charge in [-0.2, -0.15) is 0 Å². The lowest BCUT2D eigenvalue weighted by molar-refractivity contribution is -0.184. The molecule has 17 heteroatoms. The number of aliphatic hydroxyl groups excluding tert-OH is 2. The van der Waals surface area contributed by atoms with Crippen LogP contribution in [-0.2, 0) is 66.2 Å². The summed E-state index contributed by atoms with van der Waals surface area (Å²) < 4.78 is 26.9. The minimum atomic E-state index is -2.20. The zero-order valence-electron chi connectivity index (χ0n) is 27.5. The van der Waals surface area contributed by atoms with Crippen LogP contribution in [0.15, 0.2) is 24.0 Å². The number of carbonyl (C=O) groups excluding carboxylic acids is 4. The van der Waals surface area contributed by atoms with Gasteiger partial charge in [0.1, 0.15) is 11.5 Å². The topological polar surface area (TPSA) is 253 Å². The van der Waals surface area contributed by atoms with Crippen molar-refractivity contribution >= 4 is 35.8 Å². The van der Waals surface area contributed by atoms with Crippen molar-refractivity contribution in [1.82, 2.24) is 4.90 Å². The first kappa shape index (κ1) is 36.7. The average molecular weight is 706 g/mol. The third-order valence-corrected chi connectivity index (χ3v) is 9.88. The minimum absolute atomic E-state index is 0.00950. The highest BCUT2D eigenvalue weighted by molar-refractivity contribution is 5.88. The van der Waals surface area contributed by atoms with Crippen molar-refractivity contribution in [3.63, 3.8) is 0 Å². The fourth-order valence-electron chi connectivity index (χ4n) is 7.45. The Bertz CT molecular complexity index is 1620. The van der Waals surface area contributed by atoms with E-state index in [-0.39, 0.29) is 24.8 Å². The summed E-state index contributed by atoms with van der Waals surface area (Å²) >= 11 is 0. The largest absolute Gasteiger partial charge is 0.481 e. The van der Waals surface area contributed by atoms with Gasteiger partial charge in [-0.05, 0) is 58.3 Å². The number of rotatable bonds is 13. The fourth-order valence-corrected chi connectivity index (χ4v) is 7.45. The first-order valence-electron chi connectivity index (χ1n) is 16.0. The highest BCUT2D eigenvalue weighted by Crippen LogP contribution is 2.64. The molecule has 2 bridgehead atoms. The maximum absolute atomic E-state index is 13.5. The number of benzene rings is 1. The van der Waals surface area contributed by atoms with E-state index in [0.29, 0.717) is 37.1 Å². The smallest absolute Gasteiger partial charge is 0.348 e. The molecular weight excluding hydrogens is 666 g/mol. The second-order valence-electron chi connectivity index (χ2n) is 13.0. The van der Waals surface area contributed by atoms with Gasteiger partial charge in [-0.15, -0.1) is 0 Å². The van der Waals surface area contributed by atoms with Crippen molar-refractivity contribution in [2.24, 2.45) is 0 Å². The third kappa shape index (κ3) is 6.41. The lowest BCUT2D eigenvalue weighted by Gasteiger charge is -2.56. The summed E-state index contributed by atoms with van der Waals surface area (Å²) in [5.74, 6) is -8.09. The quantitative estimate of drug-likeness (QED) is 0.128. The first-order chi connectivity index (χ1) is 23.5. The van der Waals surface area contributed by atoms with Crippen molar-refractivity contribution in [2.75, 3.05) is 13.6 Å². The average Bonchev–Trinajstić information content (AvgIpc) is 3.39. The Balaban J connectivity index is 1.40. The summed E-state index contributed by atoms with van der Waals surface area (Å²) in [7, 11) is 1.93. The highest BCUT2D eigenvalue weighted by atomic mass is 16.6. The molecule has 8 atom stereocenters. The van der Waals surface area contributed by atoms with Crippen LogP contribution in [-0.4, -0.2) is 122 Å². The molecule has 1 aromatic rings. The number of likely N-dealkylation sites (N-methyl/N-ethyl adjacent to an activating group) is 1. The Labute approximate surface area is 285 Å². The predicted molar refractivity (Wildman–Crippen MR) is 163 cm³/mol. The van der Waals surface area contributed by atoms with Crippen molar-refractivity contribution in [2.45, 2.75) is 107 Å². The van der Waals surface area contributed by atoms with E-state index >= 15 is 0 Å². The van der Waals surface area contributed by atoms with E-state index in [4.69, 9.17) is 29.2 Å². The standard InChI is InChI=1S/C33H39NO16/c1-15(28(39)40)46-30(43)16(2)47-31(44)21(49-23(37)12-19(36)29(41)42)13-24(38)48-20-7-9-33(45)22-11-17-5-6-18(14-35)26-25(17)32(33,27(20)50-26)8-4-10-34(22)3/h5-7,15-16,19,21-22,27,35-36,45H,4,8-14H2,1-3H3,(H,39,40)(H,41,42)/t15-,16-,19-,21-,22+,27-,32-,33+/m0/s1. The summed E-state index contributed by atoms with van der Waals surface area (Å²) in [5.41, 5.74) is -0.252. The molecule has 17 nitrogen and oxygen atoms in total. The second kappa shape index (κ2) is 14.0. The Kier molecular flexibility index (Phi) is 10.3. The first-order valence-corrected chi connectivity index (χ1v) is 16.0. The van der Waals surface area contributed by atoms with E-state index < -0.39 is 90.2 Å². The summed E-state index contributed by atoms with van der Waals surface area (Å²) in [6, 6.07) is 3.34. The zero-order chi connectivity index (χ0) is 36.7. The normalized spacial score (nSPS) is 27.1. The molecular formula is C33H39NO16. The molecule has 50 heavy (non-hydrogen) atoms. The van der Waals surface area contributed by atoms with Gasteiger partial charge in [0, 0.05) is 23.6 Å². The zero-order valence-corrected chi connectivity index (χ0v) is 27.5. The Hall–Kier alpha value is -4.58. The maximum atomic E-state index is 13.5. The van der Waals surface area contributed by atoms with Gasteiger partial charge in [0.15, 0.2) is 24.4 Å². The Morgan fingerprint density at radius 2 is 1.68 bits per heavy atom. The molecule has 0 amide bonds. The number of ether oxygens (including phenoxy) is 5. The number of nitrogens with zero attached hydrogens (tertiary/aromatic N) is 1. The van der Waals surface area contributed by atoms with Crippen LogP contribution in [0, 0.1) is 0 Å². The van der Waals surface area contributed by atoms with Gasteiger partial charge >= 0.3 is 35.8 Å². The van der Waals surface area contributed by atoms with Crippen LogP contribution < -0.4 is 4.74 Å². The van der Waals surface area contributed by atoms with E-state index in [1.807, 2.05) is 13.1 Å². The monoisotopic (exact) mass is 705 g/mol. The van der Waals surface area contributed by atoms with Crippen LogP contribution in [0.4, 0.5) is 0 Å². The van der Waals surface area contributed by atoms with Crippen LogP contribution in [0.3, 0.4) is 0 Å². The SMILES string of the molecule is C[C@H](OC(=O)[C@H](C)OC(=O)[C@H](CC(=O)OC1=CC[C@@]2(O)[C@H]3Cc4ccc(CO)c5c4[C@@]2(CCCN3C)[C@H]1O5)OC(=O)C[C@H](O)C(=O)O)C(=O)O. The number of aliphatic hydroxyl groups is 3. The molecule has 1 fully saturated rings. The molecule has 2 aliphatic carbocycles. The molecule has 2 aliphatic heterocycles. The van der Waals surface area contributed by atoms with Crippen molar-refractivity contribution < 1.29 is 78.0 Å². The van der Waals surface area contributed by atoms with E-state index in [9.17, 15) is 44.1 Å². The molecule has 0 aromatic heterocycles. The number of esters is 4. The van der Waals surface area contributed by atoms with Gasteiger partial charge in [0.25, 0.3) is 0 Å². The lowest BCUT2D eigenvalue weighted by Crippen LogP contribution is -2.69. The van der Waals surface area contributed by atoms with Crippen molar-refractivity contribution in [1.29, 1.82) is 0 Å². The summed E-state index contributed by atoms with van der Waals surface area (Å²) in [5, 5.41) is 50.2. The van der Waals surface area contributed by atoms with E-state index in [2.05, 4.69) is 9.64 Å². The van der Waals surface area contributed by atoms with Crippen LogP contribution >= 0.6 is 0 Å². The van der Waals surface area contributed by atoms with E-state index in [0.717, 1.165) is 25.0 Å². The Morgan fingerprint density at radius 3 is 2.34 bits per heavy atom. The predicted octanol–water partition coefficient (Wildman–Crippen LogP) is -0.525. The van der Waals surface area contributed by atoms with Crippen LogP contribution in [0.5, 0.6) is 5.75 Å². The van der Waals surface area contributed by atoms with Crippen molar-refractivity contribution in [3.05, 3.63) is 40.7 Å². The molecule has 272 valence electrons. The van der Waals surface area contributed by atoms with E-state index in [1.54, 1.807) is 6.07 Å². The van der Waals surface area contributed by atoms with Gasteiger partial charge < -0.3 is 54.1 Å². The molecule has 0 radical (unpaired) electrons. The second-order valence-corrected chi connectivity index (χ2v) is 13.0. The molecule has 0 saturated carbocycles. The molecule has 1 spiro atoms. The van der Waals surface area contributed by atoms with Crippen molar-refractivity contribution in [3.8, 4) is 5.75 Å². The minimum Gasteiger partial charge on any atom is -0.481 e. The molecule has 4 aliphatic rings. The van der Waals surface area contributed by atoms with Gasteiger partial charge in [0.2, 0.25) is 6.10 Å².